The van der Waals surface area contributed by atoms with Gasteiger partial charge in [0, 0.05) is 13.5 Å². The minimum atomic E-state index is -0.707. The van der Waals surface area contributed by atoms with E-state index in [4.69, 9.17) is 23.7 Å². The van der Waals surface area contributed by atoms with Crippen molar-refractivity contribution >= 4 is 6.29 Å². The summed E-state index contributed by atoms with van der Waals surface area (Å²) in [5.74, 6) is 0. The van der Waals surface area contributed by atoms with E-state index in [0.29, 0.717) is 19.8 Å². The summed E-state index contributed by atoms with van der Waals surface area (Å²) >= 11 is 0. The number of carbonyl (C=O) groups is 1. The fraction of sp³-hybridized carbons (Fsp3) is 0.345. The van der Waals surface area contributed by atoms with Gasteiger partial charge in [-0.05, 0) is 16.7 Å². The number of rotatable bonds is 12. The van der Waals surface area contributed by atoms with Crippen molar-refractivity contribution in [3.63, 3.8) is 0 Å². The molecular weight excluding hydrogens is 444 g/mol. The van der Waals surface area contributed by atoms with Crippen molar-refractivity contribution in [2.75, 3.05) is 7.11 Å². The quantitative estimate of drug-likeness (QED) is 0.353. The Hall–Kier alpha value is -2.87. The number of ether oxygens (including phenoxy) is 5. The molecule has 0 spiro atoms. The fourth-order valence-electron chi connectivity index (χ4n) is 4.22. The van der Waals surface area contributed by atoms with Gasteiger partial charge >= 0.3 is 0 Å². The highest BCUT2D eigenvalue weighted by molar-refractivity contribution is 5.50. The molecule has 0 saturated carbocycles. The van der Waals surface area contributed by atoms with Crippen LogP contribution < -0.4 is 0 Å². The SMILES string of the molecule is CO[C@H]1OC(CC=O)[C@@H](OCc2ccccc2)C(OCc2ccccc2)C1OCc1ccccc1. The van der Waals surface area contributed by atoms with Crippen molar-refractivity contribution in [2.45, 2.75) is 56.9 Å². The number of benzene rings is 3. The molecule has 3 aromatic rings. The van der Waals surface area contributed by atoms with Crippen LogP contribution in [0.1, 0.15) is 23.1 Å². The number of methoxy groups -OCH3 is 1. The smallest absolute Gasteiger partial charge is 0.186 e. The van der Waals surface area contributed by atoms with Gasteiger partial charge in [0.2, 0.25) is 0 Å². The monoisotopic (exact) mass is 476 g/mol. The summed E-state index contributed by atoms with van der Waals surface area (Å²) in [5, 5.41) is 0. The summed E-state index contributed by atoms with van der Waals surface area (Å²) < 4.78 is 31.0. The number of hydrogen-bond donors (Lipinski definition) is 0. The molecule has 6 nitrogen and oxygen atoms in total. The number of carbonyl (C=O) groups excluding carboxylic acids is 1. The largest absolute Gasteiger partial charge is 0.368 e. The first-order valence-corrected chi connectivity index (χ1v) is 11.9. The zero-order chi connectivity index (χ0) is 24.3. The van der Waals surface area contributed by atoms with E-state index < -0.39 is 30.7 Å². The van der Waals surface area contributed by atoms with Gasteiger partial charge < -0.3 is 28.5 Å². The Bertz CT molecular complexity index is 997. The highest BCUT2D eigenvalue weighted by atomic mass is 16.7. The third kappa shape index (κ3) is 7.07. The molecule has 0 N–H and O–H groups in total. The van der Waals surface area contributed by atoms with Crippen LogP contribution in [0.3, 0.4) is 0 Å². The zero-order valence-corrected chi connectivity index (χ0v) is 19.9. The molecule has 0 bridgehead atoms. The minimum Gasteiger partial charge on any atom is -0.368 e. The van der Waals surface area contributed by atoms with E-state index >= 15 is 0 Å². The summed E-state index contributed by atoms with van der Waals surface area (Å²) in [5.41, 5.74) is 3.08. The van der Waals surface area contributed by atoms with Crippen LogP contribution in [0.2, 0.25) is 0 Å². The second kappa shape index (κ2) is 13.3. The van der Waals surface area contributed by atoms with Crippen molar-refractivity contribution in [3.05, 3.63) is 108 Å². The van der Waals surface area contributed by atoms with Crippen molar-refractivity contribution in [2.24, 2.45) is 0 Å². The maximum absolute atomic E-state index is 11.5. The molecule has 1 fully saturated rings. The van der Waals surface area contributed by atoms with Crippen molar-refractivity contribution < 1.29 is 28.5 Å². The molecule has 1 aliphatic rings. The Morgan fingerprint density at radius 1 is 0.657 bits per heavy atom. The van der Waals surface area contributed by atoms with Crippen LogP contribution in [0.15, 0.2) is 91.0 Å². The van der Waals surface area contributed by atoms with Gasteiger partial charge in [-0.25, -0.2) is 0 Å². The van der Waals surface area contributed by atoms with Crippen LogP contribution in [-0.2, 0) is 48.3 Å². The summed E-state index contributed by atoms with van der Waals surface area (Å²) in [6.07, 6.45) is -1.85. The van der Waals surface area contributed by atoms with Crippen LogP contribution in [0, 0.1) is 0 Å². The lowest BCUT2D eigenvalue weighted by Crippen LogP contribution is -2.60. The molecule has 1 saturated heterocycles. The molecular formula is C29H32O6. The molecule has 6 heteroatoms. The Morgan fingerprint density at radius 3 is 1.51 bits per heavy atom. The Kier molecular flexibility index (Phi) is 9.57. The Morgan fingerprint density at radius 2 is 1.09 bits per heavy atom. The number of hydrogen-bond acceptors (Lipinski definition) is 6. The molecule has 3 aromatic carbocycles. The molecule has 35 heavy (non-hydrogen) atoms. The van der Waals surface area contributed by atoms with Crippen LogP contribution >= 0.6 is 0 Å². The normalized spacial score (nSPS) is 24.2. The maximum Gasteiger partial charge on any atom is 0.186 e. The first kappa shape index (κ1) is 25.2. The van der Waals surface area contributed by atoms with Crippen LogP contribution in [-0.4, -0.2) is 44.1 Å². The Balaban J connectivity index is 1.58. The molecule has 4 rings (SSSR count). The standard InChI is InChI=1S/C29H32O6/c1-31-29-28(34-21-24-15-9-4-10-16-24)27(33-20-23-13-7-3-8-14-23)26(25(35-29)17-18-30)32-19-22-11-5-2-6-12-22/h2-16,18,25-29H,17,19-21H2,1H3/t25?,26-,27?,28?,29+/m1/s1. The lowest BCUT2D eigenvalue weighted by Gasteiger charge is -2.45. The lowest BCUT2D eigenvalue weighted by molar-refractivity contribution is -0.317. The van der Waals surface area contributed by atoms with E-state index in [-0.39, 0.29) is 6.42 Å². The van der Waals surface area contributed by atoms with Crippen molar-refractivity contribution in [1.29, 1.82) is 0 Å². The highest BCUT2D eigenvalue weighted by Gasteiger charge is 2.48. The minimum absolute atomic E-state index is 0.163. The average molecular weight is 477 g/mol. The van der Waals surface area contributed by atoms with Gasteiger partial charge in [-0.15, -0.1) is 0 Å². The first-order valence-electron chi connectivity index (χ1n) is 11.9. The molecule has 1 aliphatic heterocycles. The van der Waals surface area contributed by atoms with Gasteiger partial charge in [-0.1, -0.05) is 91.0 Å². The summed E-state index contributed by atoms with van der Waals surface area (Å²) in [6.45, 7) is 1.09. The molecule has 0 amide bonds. The molecule has 3 unspecified atom stereocenters. The van der Waals surface area contributed by atoms with Gasteiger partial charge in [0.1, 0.15) is 24.6 Å². The van der Waals surface area contributed by atoms with Gasteiger partial charge in [-0.3, -0.25) is 0 Å². The fourth-order valence-corrected chi connectivity index (χ4v) is 4.22. The maximum atomic E-state index is 11.5. The third-order valence-electron chi connectivity index (χ3n) is 6.01. The van der Waals surface area contributed by atoms with Crippen LogP contribution in [0.5, 0.6) is 0 Å². The molecule has 184 valence electrons. The van der Waals surface area contributed by atoms with Gasteiger partial charge in [0.05, 0.1) is 25.9 Å². The molecule has 0 aromatic heterocycles. The van der Waals surface area contributed by atoms with E-state index in [0.717, 1.165) is 23.0 Å². The van der Waals surface area contributed by atoms with E-state index in [2.05, 4.69) is 0 Å². The second-order valence-corrected chi connectivity index (χ2v) is 8.46. The summed E-state index contributed by atoms with van der Waals surface area (Å²) in [6, 6.07) is 29.8. The predicted molar refractivity (Wildman–Crippen MR) is 131 cm³/mol. The molecule has 0 aliphatic carbocycles. The molecule has 5 atom stereocenters. The zero-order valence-electron chi connectivity index (χ0n) is 19.9. The topological polar surface area (TPSA) is 63.2 Å². The van der Waals surface area contributed by atoms with E-state index in [9.17, 15) is 4.79 Å². The van der Waals surface area contributed by atoms with E-state index in [1.807, 2.05) is 91.0 Å². The number of aldehydes is 1. The summed E-state index contributed by atoms with van der Waals surface area (Å²) in [4.78, 5) is 11.5. The average Bonchev–Trinajstić information content (AvgIpc) is 2.92. The second-order valence-electron chi connectivity index (χ2n) is 8.46. The van der Waals surface area contributed by atoms with Crippen LogP contribution in [0.25, 0.3) is 0 Å². The molecule has 1 heterocycles. The van der Waals surface area contributed by atoms with Crippen LogP contribution in [0.4, 0.5) is 0 Å². The summed E-state index contributed by atoms with van der Waals surface area (Å²) in [7, 11) is 1.57. The van der Waals surface area contributed by atoms with Crippen molar-refractivity contribution in [3.8, 4) is 0 Å². The van der Waals surface area contributed by atoms with Gasteiger partial charge in [0.25, 0.3) is 0 Å². The van der Waals surface area contributed by atoms with E-state index in [1.54, 1.807) is 7.11 Å². The highest BCUT2D eigenvalue weighted by Crippen LogP contribution is 2.31. The Labute approximate surface area is 206 Å². The first-order chi connectivity index (χ1) is 17.3. The van der Waals surface area contributed by atoms with E-state index in [1.165, 1.54) is 0 Å². The lowest BCUT2D eigenvalue weighted by atomic mass is 9.96. The van der Waals surface area contributed by atoms with Crippen molar-refractivity contribution in [1.82, 2.24) is 0 Å². The molecule has 0 radical (unpaired) electrons. The third-order valence-corrected chi connectivity index (χ3v) is 6.01. The predicted octanol–water partition coefficient (Wildman–Crippen LogP) is 4.70. The van der Waals surface area contributed by atoms with Gasteiger partial charge in [-0.2, -0.15) is 0 Å². The van der Waals surface area contributed by atoms with Gasteiger partial charge in [0.15, 0.2) is 6.29 Å².